The molecule has 2 aromatic heterocycles. The number of pyridine rings is 1. The number of aromatic nitrogens is 3. The van der Waals surface area contributed by atoms with Gasteiger partial charge in [-0.25, -0.2) is 0 Å². The van der Waals surface area contributed by atoms with Crippen LogP contribution in [0.2, 0.25) is 0 Å². The lowest BCUT2D eigenvalue weighted by Gasteiger charge is -2.00. The van der Waals surface area contributed by atoms with E-state index in [9.17, 15) is 0 Å². The lowest BCUT2D eigenvalue weighted by Crippen LogP contribution is -1.99. The summed E-state index contributed by atoms with van der Waals surface area (Å²) in [5, 5.41) is 6.89. The van der Waals surface area contributed by atoms with Crippen LogP contribution in [0.15, 0.2) is 65.4 Å². The molecule has 0 unspecified atom stereocenters. The maximum atomic E-state index is 4.63. The number of nitrogens with zero attached hydrogens (tertiary/aromatic N) is 3. The van der Waals surface area contributed by atoms with E-state index in [1.807, 2.05) is 41.2 Å². The van der Waals surface area contributed by atoms with Crippen LogP contribution in [-0.4, -0.2) is 14.8 Å². The lowest BCUT2D eigenvalue weighted by molar-refractivity contribution is 0.695. The zero-order valence-corrected chi connectivity index (χ0v) is 12.8. The Balaban J connectivity index is 1.86. The van der Waals surface area contributed by atoms with Crippen molar-refractivity contribution in [1.82, 2.24) is 14.8 Å². The Morgan fingerprint density at radius 1 is 0.952 bits per heavy atom. The lowest BCUT2D eigenvalue weighted by atomic mass is 10.1. The van der Waals surface area contributed by atoms with Gasteiger partial charge < -0.3 is 0 Å². The van der Waals surface area contributed by atoms with Crippen LogP contribution in [0.1, 0.15) is 5.56 Å². The second-order valence-electron chi connectivity index (χ2n) is 5.03. The Hall–Kier alpha value is -2.20. The van der Waals surface area contributed by atoms with Gasteiger partial charge in [0.05, 0.1) is 18.3 Å². The van der Waals surface area contributed by atoms with Gasteiger partial charge in [0, 0.05) is 21.4 Å². The van der Waals surface area contributed by atoms with Crippen molar-refractivity contribution in [3.05, 3.63) is 71.0 Å². The van der Waals surface area contributed by atoms with E-state index >= 15 is 0 Å². The first kappa shape index (κ1) is 12.5. The molecule has 0 fully saturated rings. The highest BCUT2D eigenvalue weighted by Crippen LogP contribution is 2.25. The molecular formula is C17H12BrN3. The van der Waals surface area contributed by atoms with Crippen molar-refractivity contribution in [3.63, 3.8) is 0 Å². The molecule has 4 rings (SSSR count). The topological polar surface area (TPSA) is 30.7 Å². The number of halogens is 1. The number of rotatable bonds is 2. The molecule has 0 bridgehead atoms. The van der Waals surface area contributed by atoms with Crippen LogP contribution in [0.4, 0.5) is 0 Å². The van der Waals surface area contributed by atoms with E-state index in [1.165, 1.54) is 5.56 Å². The Morgan fingerprint density at radius 2 is 1.81 bits per heavy atom. The SMILES string of the molecule is Brc1ccc2ncc3nn(Cc4ccccc4)cc3c2c1. The molecule has 0 saturated carbocycles. The van der Waals surface area contributed by atoms with E-state index in [0.717, 1.165) is 32.8 Å². The number of hydrogen-bond donors (Lipinski definition) is 0. The molecule has 0 aliphatic carbocycles. The second kappa shape index (κ2) is 4.97. The molecule has 0 amide bonds. The molecule has 2 aromatic carbocycles. The first-order chi connectivity index (χ1) is 10.3. The predicted octanol–water partition coefficient (Wildman–Crippen LogP) is 4.40. The number of hydrogen-bond acceptors (Lipinski definition) is 2. The van der Waals surface area contributed by atoms with Crippen LogP contribution in [0.5, 0.6) is 0 Å². The summed E-state index contributed by atoms with van der Waals surface area (Å²) in [6.45, 7) is 0.769. The van der Waals surface area contributed by atoms with E-state index in [-0.39, 0.29) is 0 Å². The summed E-state index contributed by atoms with van der Waals surface area (Å²) < 4.78 is 3.03. The molecule has 0 spiro atoms. The van der Waals surface area contributed by atoms with Gasteiger partial charge in [0.1, 0.15) is 5.52 Å². The van der Waals surface area contributed by atoms with E-state index < -0.39 is 0 Å². The third-order valence-corrected chi connectivity index (χ3v) is 4.05. The quantitative estimate of drug-likeness (QED) is 0.543. The minimum absolute atomic E-state index is 0.769. The zero-order valence-electron chi connectivity index (χ0n) is 11.2. The molecule has 0 radical (unpaired) electrons. The summed E-state index contributed by atoms with van der Waals surface area (Å²) in [5.74, 6) is 0. The highest BCUT2D eigenvalue weighted by Gasteiger charge is 2.07. The Kier molecular flexibility index (Phi) is 2.97. The van der Waals surface area contributed by atoms with Gasteiger partial charge in [-0.1, -0.05) is 46.3 Å². The summed E-state index contributed by atoms with van der Waals surface area (Å²) in [7, 11) is 0. The summed E-state index contributed by atoms with van der Waals surface area (Å²) in [6.07, 6.45) is 3.94. The standard InChI is InChI=1S/C17H12BrN3/c18-13-6-7-16-14(8-13)15-11-21(20-17(15)9-19-16)10-12-4-2-1-3-5-12/h1-9,11H,10H2. The zero-order chi connectivity index (χ0) is 14.2. The van der Waals surface area contributed by atoms with Crippen molar-refractivity contribution < 1.29 is 0 Å². The molecule has 3 nitrogen and oxygen atoms in total. The van der Waals surface area contributed by atoms with Crippen LogP contribution in [0.3, 0.4) is 0 Å². The van der Waals surface area contributed by atoms with E-state index in [0.29, 0.717) is 0 Å². The van der Waals surface area contributed by atoms with Gasteiger partial charge in [-0.15, -0.1) is 0 Å². The minimum Gasteiger partial charge on any atom is -0.267 e. The molecule has 0 atom stereocenters. The molecule has 0 aliphatic rings. The monoisotopic (exact) mass is 337 g/mol. The van der Waals surface area contributed by atoms with Crippen LogP contribution in [0.25, 0.3) is 21.8 Å². The molecule has 0 aliphatic heterocycles. The van der Waals surface area contributed by atoms with Crippen molar-refractivity contribution in [2.45, 2.75) is 6.54 Å². The van der Waals surface area contributed by atoms with Crippen LogP contribution in [0, 0.1) is 0 Å². The molecular weight excluding hydrogens is 326 g/mol. The highest BCUT2D eigenvalue weighted by atomic mass is 79.9. The van der Waals surface area contributed by atoms with E-state index in [2.05, 4.69) is 50.4 Å². The fourth-order valence-electron chi connectivity index (χ4n) is 2.56. The van der Waals surface area contributed by atoms with Crippen molar-refractivity contribution in [3.8, 4) is 0 Å². The van der Waals surface area contributed by atoms with Gasteiger partial charge in [0.25, 0.3) is 0 Å². The van der Waals surface area contributed by atoms with Crippen molar-refractivity contribution in [2.75, 3.05) is 0 Å². The first-order valence-electron chi connectivity index (χ1n) is 6.75. The Bertz CT molecular complexity index is 929. The van der Waals surface area contributed by atoms with Gasteiger partial charge in [0.2, 0.25) is 0 Å². The Morgan fingerprint density at radius 3 is 2.67 bits per heavy atom. The molecule has 0 saturated heterocycles. The summed E-state index contributed by atoms with van der Waals surface area (Å²) in [6, 6.07) is 16.5. The van der Waals surface area contributed by atoms with E-state index in [1.54, 1.807) is 0 Å². The normalized spacial score (nSPS) is 11.3. The van der Waals surface area contributed by atoms with Crippen LogP contribution < -0.4 is 0 Å². The smallest absolute Gasteiger partial charge is 0.111 e. The second-order valence-corrected chi connectivity index (χ2v) is 5.95. The van der Waals surface area contributed by atoms with Gasteiger partial charge in [-0.3, -0.25) is 9.67 Å². The fraction of sp³-hybridized carbons (Fsp3) is 0.0588. The van der Waals surface area contributed by atoms with Gasteiger partial charge in [0.15, 0.2) is 0 Å². The molecule has 2 heterocycles. The van der Waals surface area contributed by atoms with Crippen molar-refractivity contribution >= 4 is 37.7 Å². The molecule has 102 valence electrons. The number of fused-ring (bicyclic) bond motifs is 3. The summed E-state index contributed by atoms with van der Waals surface area (Å²) >= 11 is 3.52. The first-order valence-corrected chi connectivity index (χ1v) is 7.54. The fourth-order valence-corrected chi connectivity index (χ4v) is 2.92. The molecule has 0 N–H and O–H groups in total. The van der Waals surface area contributed by atoms with Crippen LogP contribution in [-0.2, 0) is 6.54 Å². The third-order valence-electron chi connectivity index (χ3n) is 3.55. The number of benzene rings is 2. The van der Waals surface area contributed by atoms with Crippen molar-refractivity contribution in [1.29, 1.82) is 0 Å². The maximum Gasteiger partial charge on any atom is 0.111 e. The average molecular weight is 338 g/mol. The third kappa shape index (κ3) is 2.32. The highest BCUT2D eigenvalue weighted by molar-refractivity contribution is 9.10. The molecule has 21 heavy (non-hydrogen) atoms. The van der Waals surface area contributed by atoms with Gasteiger partial charge >= 0.3 is 0 Å². The van der Waals surface area contributed by atoms with Gasteiger partial charge in [-0.2, -0.15) is 5.10 Å². The Labute approximate surface area is 130 Å². The minimum atomic E-state index is 0.769. The summed E-state index contributed by atoms with van der Waals surface area (Å²) in [4.78, 5) is 4.47. The van der Waals surface area contributed by atoms with Crippen molar-refractivity contribution in [2.24, 2.45) is 0 Å². The van der Waals surface area contributed by atoms with Gasteiger partial charge in [-0.05, 0) is 23.8 Å². The maximum absolute atomic E-state index is 4.63. The summed E-state index contributed by atoms with van der Waals surface area (Å²) in [5.41, 5.74) is 3.16. The van der Waals surface area contributed by atoms with E-state index in [4.69, 9.17) is 0 Å². The molecule has 4 aromatic rings. The molecule has 4 heteroatoms. The predicted molar refractivity (Wildman–Crippen MR) is 88.3 cm³/mol. The van der Waals surface area contributed by atoms with Crippen LogP contribution >= 0.6 is 15.9 Å². The largest absolute Gasteiger partial charge is 0.267 e. The average Bonchev–Trinajstić information content (AvgIpc) is 2.91.